The maximum absolute atomic E-state index is 12.4. The van der Waals surface area contributed by atoms with E-state index in [2.05, 4.69) is 10.2 Å². The normalized spacial score (nSPS) is 17.5. The topological polar surface area (TPSA) is 80.3 Å². The molecule has 2 aromatic carbocycles. The van der Waals surface area contributed by atoms with Gasteiger partial charge in [0, 0.05) is 31.4 Å². The predicted octanol–water partition coefficient (Wildman–Crippen LogP) is 4.25. The summed E-state index contributed by atoms with van der Waals surface area (Å²) in [7, 11) is 0. The van der Waals surface area contributed by atoms with Crippen molar-refractivity contribution < 1.29 is 23.8 Å². The summed E-state index contributed by atoms with van der Waals surface area (Å²) in [6, 6.07) is 15.1. The number of benzene rings is 2. The van der Waals surface area contributed by atoms with Gasteiger partial charge in [0.2, 0.25) is 0 Å². The third kappa shape index (κ3) is 5.25. The van der Waals surface area contributed by atoms with Crippen molar-refractivity contribution in [1.29, 1.82) is 0 Å². The molecule has 8 heteroatoms. The Bertz CT molecular complexity index is 973. The van der Waals surface area contributed by atoms with Crippen LogP contribution in [0.4, 0.5) is 21.0 Å². The lowest BCUT2D eigenvalue weighted by molar-refractivity contribution is 0.0195. The number of piperazine rings is 1. The molecule has 2 amide bonds. The zero-order valence-corrected chi connectivity index (χ0v) is 18.7. The van der Waals surface area contributed by atoms with Crippen LogP contribution in [0.25, 0.3) is 0 Å². The van der Waals surface area contributed by atoms with Crippen LogP contribution in [0.5, 0.6) is 5.75 Å². The molecule has 32 heavy (non-hydrogen) atoms. The largest absolute Gasteiger partial charge is 0.489 e. The van der Waals surface area contributed by atoms with E-state index in [1.54, 1.807) is 11.0 Å². The van der Waals surface area contributed by atoms with Crippen LogP contribution in [0.15, 0.2) is 48.5 Å². The van der Waals surface area contributed by atoms with E-state index >= 15 is 0 Å². The van der Waals surface area contributed by atoms with Crippen LogP contribution in [0.1, 0.15) is 26.3 Å². The molecule has 1 fully saturated rings. The predicted molar refractivity (Wildman–Crippen MR) is 121 cm³/mol. The number of nitrogens with one attached hydrogen (secondary N) is 1. The quantitative estimate of drug-likeness (QED) is 0.770. The van der Waals surface area contributed by atoms with Gasteiger partial charge in [0.25, 0.3) is 0 Å². The molecule has 1 N–H and O–H groups in total. The van der Waals surface area contributed by atoms with Crippen LogP contribution >= 0.6 is 0 Å². The Hall–Kier alpha value is -3.42. The highest BCUT2D eigenvalue weighted by Gasteiger charge is 2.36. The van der Waals surface area contributed by atoms with E-state index in [-0.39, 0.29) is 18.7 Å². The first-order valence-electron chi connectivity index (χ1n) is 10.8. The summed E-state index contributed by atoms with van der Waals surface area (Å²) in [5.74, 6) is 0.702. The average Bonchev–Trinajstić information content (AvgIpc) is 2.76. The van der Waals surface area contributed by atoms with Crippen LogP contribution in [0, 0.1) is 0 Å². The Kier molecular flexibility index (Phi) is 6.12. The molecule has 0 saturated carbocycles. The minimum Gasteiger partial charge on any atom is -0.489 e. The summed E-state index contributed by atoms with van der Waals surface area (Å²) in [6.07, 6.45) is -0.815. The van der Waals surface area contributed by atoms with Gasteiger partial charge in [0.15, 0.2) is 0 Å². The van der Waals surface area contributed by atoms with E-state index in [1.165, 1.54) is 0 Å². The molecular formula is C24H29N3O5. The molecule has 2 heterocycles. The Labute approximate surface area is 188 Å². The van der Waals surface area contributed by atoms with Crippen LogP contribution < -0.4 is 15.0 Å². The second kappa shape index (κ2) is 8.98. The van der Waals surface area contributed by atoms with E-state index in [9.17, 15) is 9.59 Å². The van der Waals surface area contributed by atoms with E-state index in [4.69, 9.17) is 14.2 Å². The van der Waals surface area contributed by atoms with Gasteiger partial charge in [-0.2, -0.15) is 0 Å². The average molecular weight is 440 g/mol. The fourth-order valence-electron chi connectivity index (χ4n) is 3.82. The number of nitrogens with zero attached hydrogens (tertiary/aromatic N) is 2. The summed E-state index contributed by atoms with van der Waals surface area (Å²) in [4.78, 5) is 28.5. The molecule has 2 aliphatic rings. The first kappa shape index (κ1) is 21.8. The SMILES string of the molecule is CC(C)(C)OC(=O)N1CCN2c3ccc(NC(=O)OCc4ccccc4)cc3OCC2C1. The highest BCUT2D eigenvalue weighted by molar-refractivity contribution is 5.86. The zero-order chi connectivity index (χ0) is 22.7. The molecule has 8 nitrogen and oxygen atoms in total. The standard InChI is InChI=1S/C24H29N3O5/c1-24(2,3)32-23(29)26-11-12-27-19(14-26)16-30-21-13-18(9-10-20(21)27)25-22(28)31-15-17-7-5-4-6-8-17/h4-10,13,19H,11-12,14-16H2,1-3H3,(H,25,28). The molecule has 0 radical (unpaired) electrons. The summed E-state index contributed by atoms with van der Waals surface area (Å²) in [5.41, 5.74) is 1.96. The molecular weight excluding hydrogens is 410 g/mol. The second-order valence-corrected chi connectivity index (χ2v) is 8.95. The third-order valence-corrected chi connectivity index (χ3v) is 5.29. The van der Waals surface area contributed by atoms with Gasteiger partial charge < -0.3 is 24.0 Å². The minimum atomic E-state index is -0.520. The molecule has 0 aromatic heterocycles. The molecule has 1 unspecified atom stereocenters. The van der Waals surface area contributed by atoms with Crippen molar-refractivity contribution in [3.63, 3.8) is 0 Å². The number of fused-ring (bicyclic) bond motifs is 3. The molecule has 2 aliphatic heterocycles. The van der Waals surface area contributed by atoms with Gasteiger partial charge in [0.1, 0.15) is 24.6 Å². The summed E-state index contributed by atoms with van der Waals surface area (Å²) < 4.78 is 16.7. The van der Waals surface area contributed by atoms with Crippen LogP contribution in [0.2, 0.25) is 0 Å². The Balaban J connectivity index is 1.35. The lowest BCUT2D eigenvalue weighted by Crippen LogP contribution is -2.59. The lowest BCUT2D eigenvalue weighted by atomic mass is 10.1. The molecule has 0 spiro atoms. The van der Waals surface area contributed by atoms with Gasteiger partial charge in [-0.15, -0.1) is 0 Å². The first-order chi connectivity index (χ1) is 15.3. The second-order valence-electron chi connectivity index (χ2n) is 8.95. The van der Waals surface area contributed by atoms with Crippen molar-refractivity contribution in [2.75, 3.05) is 36.5 Å². The lowest BCUT2D eigenvalue weighted by Gasteiger charge is -2.45. The summed E-state index contributed by atoms with van der Waals surface area (Å²) >= 11 is 0. The van der Waals surface area contributed by atoms with Crippen molar-refractivity contribution in [1.82, 2.24) is 4.90 Å². The Morgan fingerprint density at radius 2 is 1.91 bits per heavy atom. The number of hydrogen-bond acceptors (Lipinski definition) is 6. The fraction of sp³-hybridized carbons (Fsp3) is 0.417. The maximum atomic E-state index is 12.4. The number of carbonyl (C=O) groups excluding carboxylic acids is 2. The van der Waals surface area contributed by atoms with Gasteiger partial charge in [-0.3, -0.25) is 5.32 Å². The monoisotopic (exact) mass is 439 g/mol. The Morgan fingerprint density at radius 3 is 2.66 bits per heavy atom. The summed E-state index contributed by atoms with van der Waals surface area (Å²) in [6.45, 7) is 8.06. The van der Waals surface area contributed by atoms with E-state index in [1.807, 2.05) is 63.2 Å². The maximum Gasteiger partial charge on any atom is 0.411 e. The molecule has 0 bridgehead atoms. The third-order valence-electron chi connectivity index (χ3n) is 5.29. The first-order valence-corrected chi connectivity index (χ1v) is 10.8. The van der Waals surface area contributed by atoms with Gasteiger partial charge in [0.05, 0.1) is 11.7 Å². The number of anilines is 2. The van der Waals surface area contributed by atoms with Crippen molar-refractivity contribution in [3.05, 3.63) is 54.1 Å². The summed E-state index contributed by atoms with van der Waals surface area (Å²) in [5, 5.41) is 2.75. The van der Waals surface area contributed by atoms with Crippen LogP contribution in [-0.2, 0) is 16.1 Å². The molecule has 0 aliphatic carbocycles. The van der Waals surface area contributed by atoms with Crippen molar-refractivity contribution in [2.24, 2.45) is 0 Å². The highest BCUT2D eigenvalue weighted by atomic mass is 16.6. The molecule has 4 rings (SSSR count). The van der Waals surface area contributed by atoms with E-state index < -0.39 is 11.7 Å². The van der Waals surface area contributed by atoms with Gasteiger partial charge in [-0.1, -0.05) is 30.3 Å². The Morgan fingerprint density at radius 1 is 1.12 bits per heavy atom. The highest BCUT2D eigenvalue weighted by Crippen LogP contribution is 2.37. The number of ether oxygens (including phenoxy) is 3. The van der Waals surface area contributed by atoms with Crippen LogP contribution in [-0.4, -0.2) is 55.0 Å². The van der Waals surface area contributed by atoms with Crippen molar-refractivity contribution >= 4 is 23.6 Å². The van der Waals surface area contributed by atoms with E-state index in [0.29, 0.717) is 37.7 Å². The molecule has 2 aromatic rings. The number of rotatable bonds is 3. The number of carbonyl (C=O) groups is 2. The van der Waals surface area contributed by atoms with E-state index in [0.717, 1.165) is 11.3 Å². The van der Waals surface area contributed by atoms with Crippen molar-refractivity contribution in [3.8, 4) is 5.75 Å². The van der Waals surface area contributed by atoms with Gasteiger partial charge in [-0.25, -0.2) is 9.59 Å². The fourth-order valence-corrected chi connectivity index (χ4v) is 3.82. The smallest absolute Gasteiger partial charge is 0.411 e. The molecule has 1 atom stereocenters. The molecule has 170 valence electrons. The molecule has 1 saturated heterocycles. The zero-order valence-electron chi connectivity index (χ0n) is 18.7. The minimum absolute atomic E-state index is 0.0541. The van der Waals surface area contributed by atoms with Gasteiger partial charge >= 0.3 is 12.2 Å². The number of hydrogen-bond donors (Lipinski definition) is 1. The van der Waals surface area contributed by atoms with Crippen molar-refractivity contribution in [2.45, 2.75) is 39.0 Å². The number of amides is 2. The van der Waals surface area contributed by atoms with Gasteiger partial charge in [-0.05, 0) is 38.5 Å². The van der Waals surface area contributed by atoms with Crippen LogP contribution in [0.3, 0.4) is 0 Å².